The molecule has 0 saturated heterocycles. The second-order valence-corrected chi connectivity index (χ2v) is 8.42. The van der Waals surface area contributed by atoms with Crippen LogP contribution in [0.25, 0.3) is 0 Å². The molecule has 0 spiro atoms. The number of rotatable bonds is 11. The molecule has 6 heteroatoms. The summed E-state index contributed by atoms with van der Waals surface area (Å²) in [4.78, 5) is 20.4. The normalized spacial score (nSPS) is 12.1. The number of aliphatic hydroxyl groups excluding tert-OH is 2. The Morgan fingerprint density at radius 1 is 0.806 bits per heavy atom. The molecule has 2 rings (SSSR count). The van der Waals surface area contributed by atoms with Gasteiger partial charge in [0.25, 0.3) is 0 Å². The molecule has 0 aromatic heterocycles. The molecule has 0 heterocycles. The minimum Gasteiger partial charge on any atom is -0.478 e. The lowest BCUT2D eigenvalue weighted by atomic mass is 10.00. The monoisotopic (exact) mass is 502 g/mol. The number of hydrogen-bond donors (Lipinski definition) is 4. The van der Waals surface area contributed by atoms with Crippen LogP contribution in [0.1, 0.15) is 93.4 Å². The van der Waals surface area contributed by atoms with Gasteiger partial charge in [-0.2, -0.15) is 0 Å². The minimum absolute atomic E-state index is 0.310. The molecular formula is C30H46O6. The number of benzene rings is 2. The van der Waals surface area contributed by atoms with Crippen molar-refractivity contribution in [1.82, 2.24) is 0 Å². The summed E-state index contributed by atoms with van der Waals surface area (Å²) in [6, 6.07) is 16.6. The van der Waals surface area contributed by atoms with Crippen molar-refractivity contribution < 1.29 is 30.0 Å². The fraction of sp³-hybridized carbons (Fsp3) is 0.467. The Hall–Kier alpha value is -2.96. The molecule has 2 aromatic rings. The molecule has 0 saturated carbocycles. The Balaban J connectivity index is 0. The van der Waals surface area contributed by atoms with E-state index in [9.17, 15) is 9.59 Å². The highest BCUT2D eigenvalue weighted by atomic mass is 16.4. The first-order valence-electron chi connectivity index (χ1n) is 12.7. The summed E-state index contributed by atoms with van der Waals surface area (Å²) in [5, 5.41) is 34.6. The molecule has 3 unspecified atom stereocenters. The second-order valence-electron chi connectivity index (χ2n) is 8.42. The number of aliphatic hydroxyl groups is 2. The summed E-state index contributed by atoms with van der Waals surface area (Å²) < 4.78 is 0. The SMILES string of the molecule is C=CC(CC)CCCC.CCCC(O)CC(C)O.O=C(O)c1ccccc1.O=C(O)c1ccccc1. The standard InChI is InChI=1S/C9H18.2C7H6O2.C7H16O2/c1-4-7-8-9(5-2)6-3;2*8-7(9)6-4-2-1-3-5-6;1-3-4-7(9)5-6(2)8/h5,9H,2,4,6-8H2,1,3H3;2*1-5H,(H,8,9);6-9H,3-5H2,1-2H3. The molecule has 0 radical (unpaired) electrons. The van der Waals surface area contributed by atoms with Gasteiger partial charge in [-0.1, -0.05) is 82.5 Å². The van der Waals surface area contributed by atoms with Crippen LogP contribution in [0.5, 0.6) is 0 Å². The number of aromatic carboxylic acids is 2. The van der Waals surface area contributed by atoms with Gasteiger partial charge in [0.05, 0.1) is 23.3 Å². The smallest absolute Gasteiger partial charge is 0.335 e. The van der Waals surface area contributed by atoms with Crippen LogP contribution in [0.3, 0.4) is 0 Å². The average molecular weight is 503 g/mol. The summed E-state index contributed by atoms with van der Waals surface area (Å²) in [7, 11) is 0. The van der Waals surface area contributed by atoms with Crippen molar-refractivity contribution in [3.63, 3.8) is 0 Å². The van der Waals surface area contributed by atoms with E-state index < -0.39 is 11.9 Å². The van der Waals surface area contributed by atoms with Gasteiger partial charge in [0.15, 0.2) is 0 Å². The van der Waals surface area contributed by atoms with E-state index in [4.69, 9.17) is 20.4 Å². The molecule has 0 aliphatic rings. The highest BCUT2D eigenvalue weighted by molar-refractivity contribution is 5.87. The Kier molecular flexibility index (Phi) is 23.2. The van der Waals surface area contributed by atoms with Crippen LogP contribution in [0.2, 0.25) is 0 Å². The highest BCUT2D eigenvalue weighted by Gasteiger charge is 2.05. The largest absolute Gasteiger partial charge is 0.478 e. The maximum atomic E-state index is 10.2. The number of allylic oxidation sites excluding steroid dienone is 1. The zero-order chi connectivity index (χ0) is 27.8. The Morgan fingerprint density at radius 3 is 1.50 bits per heavy atom. The van der Waals surface area contributed by atoms with Crippen LogP contribution in [0, 0.1) is 5.92 Å². The third-order valence-corrected chi connectivity index (χ3v) is 5.06. The number of unbranched alkanes of at least 4 members (excludes halogenated alkanes) is 1. The van der Waals surface area contributed by atoms with Crippen molar-refractivity contribution in [2.45, 2.75) is 84.8 Å². The van der Waals surface area contributed by atoms with Crippen LogP contribution in [-0.4, -0.2) is 44.6 Å². The third kappa shape index (κ3) is 21.6. The molecule has 0 amide bonds. The molecule has 0 aliphatic heterocycles. The van der Waals surface area contributed by atoms with E-state index in [1.807, 2.05) is 6.92 Å². The van der Waals surface area contributed by atoms with E-state index in [0.717, 1.165) is 18.8 Å². The van der Waals surface area contributed by atoms with E-state index in [1.165, 1.54) is 25.7 Å². The molecule has 202 valence electrons. The predicted octanol–water partition coefficient (Wildman–Crippen LogP) is 7.08. The van der Waals surface area contributed by atoms with Crippen molar-refractivity contribution in [2.24, 2.45) is 5.92 Å². The van der Waals surface area contributed by atoms with Gasteiger partial charge >= 0.3 is 11.9 Å². The van der Waals surface area contributed by atoms with E-state index in [0.29, 0.717) is 17.5 Å². The van der Waals surface area contributed by atoms with Crippen LogP contribution in [-0.2, 0) is 0 Å². The Morgan fingerprint density at radius 2 is 1.25 bits per heavy atom. The second kappa shape index (κ2) is 23.8. The lowest BCUT2D eigenvalue weighted by Gasteiger charge is -2.09. The van der Waals surface area contributed by atoms with Gasteiger partial charge in [0, 0.05) is 0 Å². The fourth-order valence-electron chi connectivity index (χ4n) is 2.96. The van der Waals surface area contributed by atoms with Crippen LogP contribution < -0.4 is 0 Å². The van der Waals surface area contributed by atoms with Crippen LogP contribution >= 0.6 is 0 Å². The fourth-order valence-corrected chi connectivity index (χ4v) is 2.96. The van der Waals surface area contributed by atoms with Crippen LogP contribution in [0.15, 0.2) is 73.3 Å². The maximum Gasteiger partial charge on any atom is 0.335 e. The zero-order valence-corrected chi connectivity index (χ0v) is 22.3. The topological polar surface area (TPSA) is 115 Å². The Labute approximate surface area is 217 Å². The lowest BCUT2D eigenvalue weighted by Crippen LogP contribution is -2.13. The van der Waals surface area contributed by atoms with Gasteiger partial charge in [0.1, 0.15) is 0 Å². The van der Waals surface area contributed by atoms with Crippen molar-refractivity contribution in [2.75, 3.05) is 0 Å². The summed E-state index contributed by atoms with van der Waals surface area (Å²) >= 11 is 0. The lowest BCUT2D eigenvalue weighted by molar-refractivity contribution is 0.0686. The van der Waals surface area contributed by atoms with Gasteiger partial charge in [-0.15, -0.1) is 6.58 Å². The van der Waals surface area contributed by atoms with E-state index in [1.54, 1.807) is 67.6 Å². The summed E-state index contributed by atoms with van der Waals surface area (Å²) in [5.74, 6) is -0.990. The molecule has 0 fully saturated rings. The van der Waals surface area contributed by atoms with Crippen molar-refractivity contribution in [3.8, 4) is 0 Å². The van der Waals surface area contributed by atoms with Gasteiger partial charge in [-0.25, -0.2) is 9.59 Å². The predicted molar refractivity (Wildman–Crippen MR) is 148 cm³/mol. The molecule has 2 aromatic carbocycles. The Bertz CT molecular complexity index is 740. The molecule has 36 heavy (non-hydrogen) atoms. The first-order chi connectivity index (χ1) is 17.1. The molecule has 0 aliphatic carbocycles. The summed E-state index contributed by atoms with van der Waals surface area (Å²) in [5.41, 5.74) is 0.662. The average Bonchev–Trinajstić information content (AvgIpc) is 2.86. The van der Waals surface area contributed by atoms with E-state index in [-0.39, 0.29) is 12.2 Å². The molecule has 3 atom stereocenters. The molecule has 6 nitrogen and oxygen atoms in total. The van der Waals surface area contributed by atoms with E-state index in [2.05, 4.69) is 26.5 Å². The van der Waals surface area contributed by atoms with E-state index >= 15 is 0 Å². The van der Waals surface area contributed by atoms with Gasteiger partial charge < -0.3 is 20.4 Å². The van der Waals surface area contributed by atoms with Crippen molar-refractivity contribution in [1.29, 1.82) is 0 Å². The van der Waals surface area contributed by atoms with Crippen molar-refractivity contribution >= 4 is 11.9 Å². The first kappa shape index (κ1) is 35.2. The number of carboxylic acids is 2. The molecule has 0 bridgehead atoms. The van der Waals surface area contributed by atoms with Crippen LogP contribution in [0.4, 0.5) is 0 Å². The third-order valence-electron chi connectivity index (χ3n) is 5.06. The molecular weight excluding hydrogens is 456 g/mol. The number of carboxylic acid groups (broad SMARTS) is 2. The van der Waals surface area contributed by atoms with Gasteiger partial charge in [0.2, 0.25) is 0 Å². The molecule has 4 N–H and O–H groups in total. The number of carbonyl (C=O) groups is 2. The van der Waals surface area contributed by atoms with Gasteiger partial charge in [-0.05, 0) is 62.8 Å². The van der Waals surface area contributed by atoms with Crippen molar-refractivity contribution in [3.05, 3.63) is 84.4 Å². The zero-order valence-electron chi connectivity index (χ0n) is 22.3. The number of hydrogen-bond acceptors (Lipinski definition) is 4. The van der Waals surface area contributed by atoms with Gasteiger partial charge in [-0.3, -0.25) is 0 Å². The highest BCUT2D eigenvalue weighted by Crippen LogP contribution is 2.12. The summed E-state index contributed by atoms with van der Waals surface area (Å²) in [6.07, 6.45) is 8.93. The quantitative estimate of drug-likeness (QED) is 0.244. The summed E-state index contributed by atoms with van der Waals surface area (Å²) in [6.45, 7) is 12.0. The first-order valence-corrected chi connectivity index (χ1v) is 12.7. The maximum absolute atomic E-state index is 10.2. The minimum atomic E-state index is -0.879.